The van der Waals surface area contributed by atoms with Crippen molar-refractivity contribution < 1.29 is 74.1 Å². The number of benzene rings is 3. The Labute approximate surface area is 281 Å². The third-order valence-corrected chi connectivity index (χ3v) is 6.55. The van der Waals surface area contributed by atoms with E-state index in [9.17, 15) is 60.2 Å². The lowest BCUT2D eigenvalue weighted by Gasteiger charge is -2.24. The summed E-state index contributed by atoms with van der Waals surface area (Å²) in [5.74, 6) is -9.03. The molecule has 0 bridgehead atoms. The molecular formula is C32H21F6N3O10. The maximum Gasteiger partial charge on any atom is 0.416 e. The number of alkyl halides is 6. The van der Waals surface area contributed by atoms with Crippen molar-refractivity contribution in [2.75, 3.05) is 5.32 Å². The molecule has 0 saturated carbocycles. The third kappa shape index (κ3) is 9.71. The minimum Gasteiger partial charge on any atom is -0.478 e. The minimum absolute atomic E-state index is 0.0111. The van der Waals surface area contributed by atoms with Crippen LogP contribution in [0.4, 0.5) is 32.0 Å². The predicted octanol–water partition coefficient (Wildman–Crippen LogP) is 4.87. The van der Waals surface area contributed by atoms with Crippen LogP contribution in [0.2, 0.25) is 0 Å². The molecular weight excluding hydrogens is 700 g/mol. The van der Waals surface area contributed by atoms with Gasteiger partial charge in [-0.25, -0.2) is 14.4 Å². The number of aliphatic carboxylic acids is 1. The molecule has 4 N–H and O–H groups in total. The summed E-state index contributed by atoms with van der Waals surface area (Å²) < 4.78 is 93.8. The van der Waals surface area contributed by atoms with Crippen LogP contribution in [0.5, 0.6) is 0 Å². The van der Waals surface area contributed by atoms with Gasteiger partial charge in [0.1, 0.15) is 0 Å². The Bertz CT molecular complexity index is 1940. The van der Waals surface area contributed by atoms with Gasteiger partial charge in [0.05, 0.1) is 28.5 Å². The highest BCUT2D eigenvalue weighted by atomic mass is 19.4. The quantitative estimate of drug-likeness (QED) is 0.0999. The van der Waals surface area contributed by atoms with Crippen LogP contribution < -0.4 is 16.2 Å². The molecule has 3 amide bonds. The van der Waals surface area contributed by atoms with Crippen molar-refractivity contribution in [2.24, 2.45) is 0 Å². The zero-order valence-corrected chi connectivity index (χ0v) is 25.2. The van der Waals surface area contributed by atoms with Crippen molar-refractivity contribution in [1.82, 2.24) is 10.9 Å². The number of hydrazine groups is 1. The van der Waals surface area contributed by atoms with E-state index in [1.807, 2.05) is 5.43 Å². The molecule has 0 aliphatic rings. The number of hydrogen-bond acceptors (Lipinski definition) is 9. The van der Waals surface area contributed by atoms with Gasteiger partial charge in [-0.2, -0.15) is 26.3 Å². The number of carboxylic acids is 1. The van der Waals surface area contributed by atoms with Gasteiger partial charge in [0.2, 0.25) is 12.2 Å². The molecule has 19 heteroatoms. The van der Waals surface area contributed by atoms with Crippen LogP contribution >= 0.6 is 0 Å². The number of carboxylic acid groups (broad SMARTS) is 1. The summed E-state index contributed by atoms with van der Waals surface area (Å²) in [7, 11) is 0. The van der Waals surface area contributed by atoms with E-state index < -0.39 is 82.4 Å². The van der Waals surface area contributed by atoms with Gasteiger partial charge in [-0.05, 0) is 72.8 Å². The fraction of sp³-hybridized carbons (Fsp3) is 0.125. The van der Waals surface area contributed by atoms with Crippen molar-refractivity contribution in [3.63, 3.8) is 0 Å². The van der Waals surface area contributed by atoms with E-state index in [-0.39, 0.29) is 17.0 Å². The van der Waals surface area contributed by atoms with Gasteiger partial charge in [-0.1, -0.05) is 12.1 Å². The second-order valence-corrected chi connectivity index (χ2v) is 10.1. The minimum atomic E-state index is -4.94. The molecule has 0 aliphatic heterocycles. The molecule has 1 aromatic heterocycles. The molecule has 51 heavy (non-hydrogen) atoms. The Morgan fingerprint density at radius 2 is 1.16 bits per heavy atom. The smallest absolute Gasteiger partial charge is 0.416 e. The van der Waals surface area contributed by atoms with E-state index in [1.54, 1.807) is 5.43 Å². The Hall–Kier alpha value is -6.66. The number of halogens is 6. The molecule has 2 atom stereocenters. The van der Waals surface area contributed by atoms with Crippen LogP contribution in [0.15, 0.2) is 95.6 Å². The molecule has 1 heterocycles. The highest BCUT2D eigenvalue weighted by Gasteiger charge is 2.42. The molecule has 0 saturated heterocycles. The lowest BCUT2D eigenvalue weighted by atomic mass is 10.1. The first kappa shape index (κ1) is 37.2. The molecule has 4 rings (SSSR count). The number of furan rings is 1. The number of hydrogen-bond donors (Lipinski definition) is 4. The molecule has 4 aromatic rings. The number of carbonyl (C=O) groups excluding carboxylic acids is 5. The van der Waals surface area contributed by atoms with Crippen LogP contribution in [0.1, 0.15) is 52.8 Å². The van der Waals surface area contributed by atoms with Gasteiger partial charge < -0.3 is 24.3 Å². The molecule has 3 aromatic carbocycles. The molecule has 266 valence electrons. The normalized spacial score (nSPS) is 12.5. The topological polar surface area (TPSA) is 190 Å². The third-order valence-electron chi connectivity index (χ3n) is 6.55. The number of rotatable bonds is 10. The van der Waals surface area contributed by atoms with Gasteiger partial charge in [0, 0.05) is 11.3 Å². The van der Waals surface area contributed by atoms with Crippen molar-refractivity contribution in [2.45, 2.75) is 24.6 Å². The number of anilines is 1. The van der Waals surface area contributed by atoms with E-state index in [2.05, 4.69) is 5.32 Å². The number of nitrogens with one attached hydrogen (secondary N) is 3. The van der Waals surface area contributed by atoms with Gasteiger partial charge in [0.15, 0.2) is 5.76 Å². The van der Waals surface area contributed by atoms with Crippen LogP contribution in [-0.4, -0.2) is 52.9 Å². The summed E-state index contributed by atoms with van der Waals surface area (Å²) in [4.78, 5) is 75.8. The monoisotopic (exact) mass is 721 g/mol. The standard InChI is InChI=1S/C32H21F6N3O10/c33-31(34,35)19-6-1-4-17(14-19)29(47)50-23(24(28(45)46)51-30(48)18-5-2-7-20(15-18)32(36,37)38)27(44)41-40-25(42)16-9-11-21(12-10-16)39-26(43)22-8-3-13-49-22/h1-15,23-24H,(H,39,43)(H,40,42)(H,41,44)(H,45,46)/t23-,24+/m1/s1. The van der Waals surface area contributed by atoms with Gasteiger partial charge in [-0.3, -0.25) is 25.2 Å². The lowest BCUT2D eigenvalue weighted by molar-refractivity contribution is -0.159. The number of amides is 3. The number of carbonyl (C=O) groups is 6. The number of esters is 2. The first-order valence-electron chi connectivity index (χ1n) is 14.0. The van der Waals surface area contributed by atoms with Gasteiger partial charge >= 0.3 is 30.3 Å². The first-order valence-corrected chi connectivity index (χ1v) is 14.0. The molecule has 13 nitrogen and oxygen atoms in total. The van der Waals surface area contributed by atoms with Crippen molar-refractivity contribution in [3.8, 4) is 0 Å². The maximum absolute atomic E-state index is 13.2. The van der Waals surface area contributed by atoms with Gasteiger partial charge in [-0.15, -0.1) is 0 Å². The van der Waals surface area contributed by atoms with Crippen LogP contribution in [0.3, 0.4) is 0 Å². The average Bonchev–Trinajstić information content (AvgIpc) is 3.63. The van der Waals surface area contributed by atoms with Crippen LogP contribution in [-0.2, 0) is 31.4 Å². The van der Waals surface area contributed by atoms with Crippen molar-refractivity contribution in [1.29, 1.82) is 0 Å². The summed E-state index contributed by atoms with van der Waals surface area (Å²) in [5.41, 5.74) is -0.673. The molecule has 0 unspecified atom stereocenters. The first-order chi connectivity index (χ1) is 23.9. The summed E-state index contributed by atoms with van der Waals surface area (Å²) in [6, 6.07) is 12.8. The van der Waals surface area contributed by atoms with Crippen LogP contribution in [0, 0.1) is 0 Å². The summed E-state index contributed by atoms with van der Waals surface area (Å²) in [5, 5.41) is 12.3. The van der Waals surface area contributed by atoms with Crippen molar-refractivity contribution >= 4 is 41.3 Å². The van der Waals surface area contributed by atoms with Crippen LogP contribution in [0.25, 0.3) is 0 Å². The van der Waals surface area contributed by atoms with Crippen molar-refractivity contribution in [3.05, 3.63) is 125 Å². The SMILES string of the molecule is O=C(NNC(=O)[C@H](OC(=O)c1cccc(C(F)(F)F)c1)[C@H](OC(=O)c1cccc(C(F)(F)F)c1)C(=O)O)c1ccc(NC(=O)c2ccco2)cc1. The molecule has 0 aliphatic carbocycles. The summed E-state index contributed by atoms with van der Waals surface area (Å²) >= 11 is 0. The second kappa shape index (κ2) is 15.3. The Morgan fingerprint density at radius 1 is 0.627 bits per heavy atom. The van der Waals surface area contributed by atoms with E-state index >= 15 is 0 Å². The predicted molar refractivity (Wildman–Crippen MR) is 158 cm³/mol. The lowest BCUT2D eigenvalue weighted by Crippen LogP contribution is -2.54. The van der Waals surface area contributed by atoms with E-state index in [4.69, 9.17) is 13.9 Å². The summed E-state index contributed by atoms with van der Waals surface area (Å²) in [6.45, 7) is 0. The summed E-state index contributed by atoms with van der Waals surface area (Å²) in [6.07, 6.45) is -14.2. The fourth-order valence-corrected chi connectivity index (χ4v) is 4.07. The molecule has 0 spiro atoms. The Morgan fingerprint density at radius 3 is 1.63 bits per heavy atom. The zero-order valence-electron chi connectivity index (χ0n) is 25.2. The highest BCUT2D eigenvalue weighted by Crippen LogP contribution is 2.31. The fourth-order valence-electron chi connectivity index (χ4n) is 4.07. The van der Waals surface area contributed by atoms with E-state index in [0.29, 0.717) is 24.3 Å². The second-order valence-electron chi connectivity index (χ2n) is 10.1. The average molecular weight is 722 g/mol. The number of ether oxygens (including phenoxy) is 2. The Kier molecular flexibility index (Phi) is 11.1. The van der Waals surface area contributed by atoms with E-state index in [0.717, 1.165) is 24.3 Å². The zero-order chi connectivity index (χ0) is 37.5. The Balaban J connectivity index is 1.55. The maximum atomic E-state index is 13.2. The molecule has 0 radical (unpaired) electrons. The largest absolute Gasteiger partial charge is 0.478 e. The van der Waals surface area contributed by atoms with Gasteiger partial charge in [0.25, 0.3) is 17.7 Å². The van der Waals surface area contributed by atoms with E-state index in [1.165, 1.54) is 42.7 Å². The highest BCUT2D eigenvalue weighted by molar-refractivity contribution is 6.03. The molecule has 0 fully saturated rings.